The zero-order valence-electron chi connectivity index (χ0n) is 6.93. The molecule has 3 nitrogen and oxygen atoms in total. The van der Waals surface area contributed by atoms with Gasteiger partial charge in [-0.2, -0.15) is 0 Å². The fourth-order valence-corrected chi connectivity index (χ4v) is 5.77. The van der Waals surface area contributed by atoms with Crippen molar-refractivity contribution in [3.63, 3.8) is 0 Å². The highest BCUT2D eigenvalue weighted by Gasteiger charge is 2.38. The largest absolute Gasteiger partial charge is 0.235 e. The van der Waals surface area contributed by atoms with E-state index < -0.39 is 10.0 Å². The summed E-state index contributed by atoms with van der Waals surface area (Å²) in [6.45, 7) is 1.99. The van der Waals surface area contributed by atoms with Crippen LogP contribution in [0.3, 0.4) is 0 Å². The molecule has 2 unspecified atom stereocenters. The molecule has 6 heteroatoms. The van der Waals surface area contributed by atoms with E-state index in [2.05, 4.69) is 6.08 Å². The van der Waals surface area contributed by atoms with Crippen molar-refractivity contribution in [2.24, 2.45) is 5.14 Å². The number of thioether (sulfide) groups is 2. The first-order chi connectivity index (χ1) is 5.98. The van der Waals surface area contributed by atoms with Crippen LogP contribution in [0.2, 0.25) is 0 Å². The molecule has 0 amide bonds. The normalized spacial score (nSPS) is 32.8. The van der Waals surface area contributed by atoms with E-state index in [1.807, 2.05) is 6.92 Å². The Labute approximate surface area is 85.9 Å². The fourth-order valence-electron chi connectivity index (χ4n) is 1.40. The summed E-state index contributed by atoms with van der Waals surface area (Å²) >= 11 is 3.12. The Kier molecular flexibility index (Phi) is 2.26. The van der Waals surface area contributed by atoms with Crippen LogP contribution in [-0.2, 0) is 10.0 Å². The smallest absolute Gasteiger partial charge is 0.225 e. The lowest BCUT2D eigenvalue weighted by molar-refractivity contribution is 0.602. The fraction of sp³-hybridized carbons (Fsp3) is 0.429. The van der Waals surface area contributed by atoms with Gasteiger partial charge in [-0.25, -0.2) is 13.6 Å². The second-order valence-electron chi connectivity index (χ2n) is 2.98. The van der Waals surface area contributed by atoms with Crippen LogP contribution < -0.4 is 5.14 Å². The molecule has 2 atom stereocenters. The SMILES string of the molecule is CC1=CC2SC=C(S(N)(=O)=O)C2S1. The standard InChI is InChI=1S/C7H9NO2S3/c1-4-2-5-7(12-4)6(3-11-5)13(8,9)10/h2-3,5,7H,1H3,(H2,8,9,10). The lowest BCUT2D eigenvalue weighted by Gasteiger charge is -2.10. The Hall–Kier alpha value is 0.0900. The van der Waals surface area contributed by atoms with Crippen LogP contribution in [0.25, 0.3) is 0 Å². The molecule has 0 radical (unpaired) electrons. The summed E-state index contributed by atoms with van der Waals surface area (Å²) in [6, 6.07) is 0. The number of hydrogen-bond donors (Lipinski definition) is 1. The van der Waals surface area contributed by atoms with E-state index in [4.69, 9.17) is 5.14 Å². The Morgan fingerprint density at radius 3 is 2.85 bits per heavy atom. The molecule has 0 saturated heterocycles. The van der Waals surface area contributed by atoms with Gasteiger partial charge in [0.2, 0.25) is 10.0 Å². The van der Waals surface area contributed by atoms with Gasteiger partial charge in [-0.1, -0.05) is 6.08 Å². The van der Waals surface area contributed by atoms with Crippen LogP contribution in [0, 0.1) is 0 Å². The third kappa shape index (κ3) is 1.68. The highest BCUT2D eigenvalue weighted by Crippen LogP contribution is 2.48. The molecule has 0 spiro atoms. The lowest BCUT2D eigenvalue weighted by Crippen LogP contribution is -2.23. The number of rotatable bonds is 1. The Morgan fingerprint density at radius 2 is 2.23 bits per heavy atom. The van der Waals surface area contributed by atoms with Crippen molar-refractivity contribution in [3.05, 3.63) is 21.3 Å². The average molecular weight is 235 g/mol. The van der Waals surface area contributed by atoms with Crippen LogP contribution in [0.5, 0.6) is 0 Å². The number of allylic oxidation sites excluding steroid dienone is 1. The van der Waals surface area contributed by atoms with E-state index in [-0.39, 0.29) is 10.5 Å². The van der Waals surface area contributed by atoms with Crippen molar-refractivity contribution < 1.29 is 8.42 Å². The summed E-state index contributed by atoms with van der Waals surface area (Å²) in [4.78, 5) is 1.55. The van der Waals surface area contributed by atoms with Gasteiger partial charge in [-0.15, -0.1) is 23.5 Å². The van der Waals surface area contributed by atoms with E-state index in [1.54, 1.807) is 17.2 Å². The molecule has 0 aliphatic carbocycles. The minimum atomic E-state index is -3.49. The van der Waals surface area contributed by atoms with Crippen LogP contribution in [0.15, 0.2) is 21.3 Å². The Bertz CT molecular complexity index is 396. The summed E-state index contributed by atoms with van der Waals surface area (Å²) in [7, 11) is -3.49. The molecule has 2 aliphatic rings. The van der Waals surface area contributed by atoms with Gasteiger partial charge in [0.1, 0.15) is 0 Å². The van der Waals surface area contributed by atoms with Gasteiger partial charge in [-0.3, -0.25) is 0 Å². The molecule has 72 valence electrons. The monoisotopic (exact) mass is 235 g/mol. The summed E-state index contributed by atoms with van der Waals surface area (Å²) in [5.74, 6) is 0. The molecule has 2 rings (SSSR count). The minimum absolute atomic E-state index is 0.0139. The Morgan fingerprint density at radius 1 is 1.54 bits per heavy atom. The van der Waals surface area contributed by atoms with Gasteiger partial charge >= 0.3 is 0 Å². The second kappa shape index (κ2) is 3.05. The quantitative estimate of drug-likeness (QED) is 0.743. The first-order valence-electron chi connectivity index (χ1n) is 3.72. The van der Waals surface area contributed by atoms with E-state index in [9.17, 15) is 8.42 Å². The molecular formula is C7H9NO2S3. The van der Waals surface area contributed by atoms with Crippen molar-refractivity contribution >= 4 is 33.5 Å². The van der Waals surface area contributed by atoms with Gasteiger partial charge in [0, 0.05) is 5.25 Å². The molecule has 2 N–H and O–H groups in total. The molecule has 2 heterocycles. The molecule has 0 aromatic rings. The predicted octanol–water partition coefficient (Wildman–Crippen LogP) is 1.25. The molecule has 2 aliphatic heterocycles. The van der Waals surface area contributed by atoms with E-state index >= 15 is 0 Å². The molecule has 0 fully saturated rings. The lowest BCUT2D eigenvalue weighted by atomic mass is 10.3. The van der Waals surface area contributed by atoms with E-state index in [1.165, 1.54) is 16.7 Å². The Balaban J connectivity index is 2.30. The van der Waals surface area contributed by atoms with Crippen molar-refractivity contribution in [1.29, 1.82) is 0 Å². The van der Waals surface area contributed by atoms with Crippen molar-refractivity contribution in [1.82, 2.24) is 0 Å². The highest BCUT2D eigenvalue weighted by molar-refractivity contribution is 8.10. The molecule has 13 heavy (non-hydrogen) atoms. The number of nitrogens with two attached hydrogens (primary N) is 1. The maximum atomic E-state index is 11.1. The number of hydrogen-bond acceptors (Lipinski definition) is 4. The third-order valence-corrected chi connectivity index (χ3v) is 5.88. The number of fused-ring (bicyclic) bond motifs is 1. The van der Waals surface area contributed by atoms with E-state index in [0.29, 0.717) is 4.91 Å². The maximum absolute atomic E-state index is 11.1. The predicted molar refractivity (Wildman–Crippen MR) is 57.7 cm³/mol. The van der Waals surface area contributed by atoms with Crippen LogP contribution in [0.4, 0.5) is 0 Å². The van der Waals surface area contributed by atoms with Crippen LogP contribution >= 0.6 is 23.5 Å². The topological polar surface area (TPSA) is 60.2 Å². The maximum Gasteiger partial charge on any atom is 0.235 e. The summed E-state index contributed by atoms with van der Waals surface area (Å²) in [5, 5.41) is 7.04. The van der Waals surface area contributed by atoms with Crippen LogP contribution in [0.1, 0.15) is 6.92 Å². The van der Waals surface area contributed by atoms with Gasteiger partial charge in [0.15, 0.2) is 0 Å². The van der Waals surface area contributed by atoms with Crippen molar-refractivity contribution in [2.75, 3.05) is 0 Å². The van der Waals surface area contributed by atoms with E-state index in [0.717, 1.165) is 0 Å². The first kappa shape index (κ1) is 9.64. The minimum Gasteiger partial charge on any atom is -0.225 e. The summed E-state index contributed by atoms with van der Waals surface area (Å²) < 4.78 is 22.3. The summed E-state index contributed by atoms with van der Waals surface area (Å²) in [5.41, 5.74) is 0. The van der Waals surface area contributed by atoms with Gasteiger partial charge in [0.25, 0.3) is 0 Å². The third-order valence-electron chi connectivity index (χ3n) is 1.96. The van der Waals surface area contributed by atoms with Crippen molar-refractivity contribution in [3.8, 4) is 0 Å². The zero-order valence-corrected chi connectivity index (χ0v) is 9.38. The summed E-state index contributed by atoms with van der Waals surface area (Å²) in [6.07, 6.45) is 2.09. The molecule has 0 saturated carbocycles. The van der Waals surface area contributed by atoms with Gasteiger partial charge < -0.3 is 0 Å². The average Bonchev–Trinajstić information content (AvgIpc) is 2.41. The van der Waals surface area contributed by atoms with Gasteiger partial charge in [-0.05, 0) is 17.2 Å². The second-order valence-corrected chi connectivity index (χ2v) is 6.98. The molecule has 0 aromatic heterocycles. The molecule has 0 bridgehead atoms. The number of primary sulfonamides is 1. The zero-order chi connectivity index (χ0) is 9.64. The molecular weight excluding hydrogens is 226 g/mol. The van der Waals surface area contributed by atoms with Crippen molar-refractivity contribution in [2.45, 2.75) is 17.4 Å². The highest BCUT2D eigenvalue weighted by atomic mass is 32.2. The number of sulfonamides is 1. The first-order valence-corrected chi connectivity index (χ1v) is 7.09. The molecule has 0 aromatic carbocycles. The van der Waals surface area contributed by atoms with Crippen LogP contribution in [-0.4, -0.2) is 18.9 Å². The van der Waals surface area contributed by atoms with Gasteiger partial charge in [0.05, 0.1) is 10.2 Å².